The third-order valence-electron chi connectivity index (χ3n) is 1.89. The Labute approximate surface area is 64.6 Å². The van der Waals surface area contributed by atoms with Gasteiger partial charge in [0.2, 0.25) is 0 Å². The summed E-state index contributed by atoms with van der Waals surface area (Å²) in [6, 6.07) is 1.78. The Morgan fingerprint density at radius 2 is 2.45 bits per heavy atom. The minimum Gasteiger partial charge on any atom is -0.486 e. The molecule has 0 amide bonds. The lowest BCUT2D eigenvalue weighted by Crippen LogP contribution is -2.12. The first kappa shape index (κ1) is 6.61. The van der Waals surface area contributed by atoms with Gasteiger partial charge >= 0.3 is 0 Å². The van der Waals surface area contributed by atoms with Crippen LogP contribution in [0.1, 0.15) is 18.6 Å². The normalized spacial score (nSPS) is 27.8. The number of rotatable bonds is 0. The predicted molar refractivity (Wildman–Crippen MR) is 39.3 cm³/mol. The zero-order valence-corrected chi connectivity index (χ0v) is 6.19. The van der Waals surface area contributed by atoms with Gasteiger partial charge in [-0.05, 0) is 13.0 Å². The molecule has 0 bridgehead atoms. The van der Waals surface area contributed by atoms with Crippen molar-refractivity contribution in [2.45, 2.75) is 19.1 Å². The summed E-state index contributed by atoms with van der Waals surface area (Å²) in [5, 5.41) is 9.50. The molecule has 2 rings (SSSR count). The van der Waals surface area contributed by atoms with Gasteiger partial charge in [0.15, 0.2) is 0 Å². The standard InChI is InChI=1S/C8H9NO2/c1-5-8(10)6-2-3-9-4-7(6)11-5/h2-5,8,10H,1H3/t5-,8-/m0/s1. The van der Waals surface area contributed by atoms with Crippen LogP contribution in [0.15, 0.2) is 18.5 Å². The molecule has 0 saturated heterocycles. The minimum atomic E-state index is -0.493. The average molecular weight is 151 g/mol. The van der Waals surface area contributed by atoms with E-state index in [1.54, 1.807) is 18.5 Å². The molecule has 1 aromatic rings. The molecule has 0 spiro atoms. The van der Waals surface area contributed by atoms with Gasteiger partial charge < -0.3 is 9.84 Å². The van der Waals surface area contributed by atoms with E-state index in [9.17, 15) is 5.11 Å². The SMILES string of the molecule is C[C@@H]1Oc2cnccc2[C@H]1O. The van der Waals surface area contributed by atoms with E-state index >= 15 is 0 Å². The number of aliphatic hydroxyl groups is 1. The van der Waals surface area contributed by atoms with Crippen LogP contribution < -0.4 is 4.74 Å². The molecule has 2 atom stereocenters. The van der Waals surface area contributed by atoms with Crippen molar-refractivity contribution < 1.29 is 9.84 Å². The summed E-state index contributed by atoms with van der Waals surface area (Å²) in [4.78, 5) is 3.89. The van der Waals surface area contributed by atoms with E-state index in [2.05, 4.69) is 4.98 Å². The van der Waals surface area contributed by atoms with Crippen LogP contribution in [0.3, 0.4) is 0 Å². The lowest BCUT2D eigenvalue weighted by molar-refractivity contribution is 0.0795. The van der Waals surface area contributed by atoms with Crippen molar-refractivity contribution in [1.82, 2.24) is 4.98 Å². The predicted octanol–water partition coefficient (Wildman–Crippen LogP) is 0.896. The molecule has 3 nitrogen and oxygen atoms in total. The third kappa shape index (κ3) is 0.886. The van der Waals surface area contributed by atoms with Crippen LogP contribution in [-0.4, -0.2) is 16.2 Å². The first-order chi connectivity index (χ1) is 5.29. The number of hydrogen-bond acceptors (Lipinski definition) is 3. The summed E-state index contributed by atoms with van der Waals surface area (Å²) in [7, 11) is 0. The first-order valence-electron chi connectivity index (χ1n) is 3.57. The van der Waals surface area contributed by atoms with Crippen molar-refractivity contribution in [3.8, 4) is 5.75 Å². The Balaban J connectivity index is 2.47. The molecule has 58 valence electrons. The zero-order chi connectivity index (χ0) is 7.84. The maximum atomic E-state index is 9.50. The summed E-state index contributed by atoms with van der Waals surface area (Å²) in [5.74, 6) is 0.701. The molecule has 0 aliphatic carbocycles. The highest BCUT2D eigenvalue weighted by Gasteiger charge is 2.28. The summed E-state index contributed by atoms with van der Waals surface area (Å²) in [6.07, 6.45) is 2.65. The van der Waals surface area contributed by atoms with Crippen LogP contribution in [0.5, 0.6) is 5.75 Å². The molecular weight excluding hydrogens is 142 g/mol. The van der Waals surface area contributed by atoms with Crippen molar-refractivity contribution in [3.05, 3.63) is 24.0 Å². The number of nitrogens with zero attached hydrogens (tertiary/aromatic N) is 1. The fourth-order valence-corrected chi connectivity index (χ4v) is 1.25. The van der Waals surface area contributed by atoms with Gasteiger partial charge in [-0.1, -0.05) is 0 Å². The van der Waals surface area contributed by atoms with E-state index in [0.29, 0.717) is 5.75 Å². The van der Waals surface area contributed by atoms with Crippen molar-refractivity contribution in [1.29, 1.82) is 0 Å². The number of pyridine rings is 1. The summed E-state index contributed by atoms with van der Waals surface area (Å²) < 4.78 is 5.31. The second-order valence-corrected chi connectivity index (χ2v) is 2.68. The highest BCUT2D eigenvalue weighted by Crippen LogP contribution is 2.34. The molecule has 1 aliphatic heterocycles. The number of ether oxygens (including phenoxy) is 1. The lowest BCUT2D eigenvalue weighted by Gasteiger charge is -2.05. The van der Waals surface area contributed by atoms with E-state index in [1.807, 2.05) is 6.92 Å². The number of hydrogen-bond donors (Lipinski definition) is 1. The van der Waals surface area contributed by atoms with E-state index in [-0.39, 0.29) is 6.10 Å². The van der Waals surface area contributed by atoms with Crippen LogP contribution in [0.4, 0.5) is 0 Å². The fraction of sp³-hybridized carbons (Fsp3) is 0.375. The zero-order valence-electron chi connectivity index (χ0n) is 6.19. The van der Waals surface area contributed by atoms with Gasteiger partial charge in [0.25, 0.3) is 0 Å². The van der Waals surface area contributed by atoms with Gasteiger partial charge in [0.05, 0.1) is 6.20 Å². The van der Waals surface area contributed by atoms with Gasteiger partial charge in [-0.2, -0.15) is 0 Å². The smallest absolute Gasteiger partial charge is 0.144 e. The van der Waals surface area contributed by atoms with Crippen molar-refractivity contribution in [2.75, 3.05) is 0 Å². The molecule has 2 heterocycles. The molecule has 1 aromatic heterocycles. The Morgan fingerprint density at radius 1 is 1.64 bits per heavy atom. The summed E-state index contributed by atoms with van der Waals surface area (Å²) >= 11 is 0. The minimum absolute atomic E-state index is 0.144. The highest BCUT2D eigenvalue weighted by atomic mass is 16.5. The van der Waals surface area contributed by atoms with Crippen molar-refractivity contribution in [3.63, 3.8) is 0 Å². The molecule has 0 saturated carbocycles. The number of aromatic nitrogens is 1. The maximum Gasteiger partial charge on any atom is 0.144 e. The van der Waals surface area contributed by atoms with E-state index in [4.69, 9.17) is 4.74 Å². The van der Waals surface area contributed by atoms with Gasteiger partial charge in [0.1, 0.15) is 18.0 Å². The first-order valence-corrected chi connectivity index (χ1v) is 3.57. The lowest BCUT2D eigenvalue weighted by atomic mass is 10.1. The van der Waals surface area contributed by atoms with Crippen molar-refractivity contribution >= 4 is 0 Å². The number of aliphatic hydroxyl groups excluding tert-OH is 1. The van der Waals surface area contributed by atoms with Gasteiger partial charge in [-0.15, -0.1) is 0 Å². The Hall–Kier alpha value is -1.09. The van der Waals surface area contributed by atoms with E-state index < -0.39 is 6.10 Å². The Kier molecular flexibility index (Phi) is 1.32. The van der Waals surface area contributed by atoms with Crippen LogP contribution in [0, 0.1) is 0 Å². The van der Waals surface area contributed by atoms with E-state index in [0.717, 1.165) is 5.56 Å². The molecule has 1 N–H and O–H groups in total. The van der Waals surface area contributed by atoms with Crippen LogP contribution in [0.2, 0.25) is 0 Å². The molecule has 1 aliphatic rings. The van der Waals surface area contributed by atoms with E-state index in [1.165, 1.54) is 0 Å². The van der Waals surface area contributed by atoms with Gasteiger partial charge in [0, 0.05) is 11.8 Å². The fourth-order valence-electron chi connectivity index (χ4n) is 1.25. The van der Waals surface area contributed by atoms with Gasteiger partial charge in [-0.3, -0.25) is 4.98 Å². The van der Waals surface area contributed by atoms with Crippen molar-refractivity contribution in [2.24, 2.45) is 0 Å². The quantitative estimate of drug-likeness (QED) is 0.599. The molecule has 0 fully saturated rings. The van der Waals surface area contributed by atoms with Crippen LogP contribution in [0.25, 0.3) is 0 Å². The largest absolute Gasteiger partial charge is 0.486 e. The monoisotopic (exact) mass is 151 g/mol. The molecular formula is C8H9NO2. The molecule has 11 heavy (non-hydrogen) atoms. The molecule has 0 radical (unpaired) electrons. The van der Waals surface area contributed by atoms with Crippen LogP contribution in [-0.2, 0) is 0 Å². The average Bonchev–Trinajstić information content (AvgIpc) is 2.30. The highest BCUT2D eigenvalue weighted by molar-refractivity contribution is 5.36. The second kappa shape index (κ2) is 2.20. The topological polar surface area (TPSA) is 42.4 Å². The summed E-state index contributed by atoms with van der Waals surface area (Å²) in [6.45, 7) is 1.84. The molecule has 0 aromatic carbocycles. The third-order valence-corrected chi connectivity index (χ3v) is 1.89. The van der Waals surface area contributed by atoms with Crippen LogP contribution >= 0.6 is 0 Å². The number of fused-ring (bicyclic) bond motifs is 1. The maximum absolute atomic E-state index is 9.50. The molecule has 3 heteroatoms. The molecule has 0 unspecified atom stereocenters. The second-order valence-electron chi connectivity index (χ2n) is 2.68. The Bertz CT molecular complexity index is 275. The van der Waals surface area contributed by atoms with Gasteiger partial charge in [-0.25, -0.2) is 0 Å². The summed E-state index contributed by atoms with van der Waals surface area (Å²) in [5.41, 5.74) is 0.840. The Morgan fingerprint density at radius 3 is 3.18 bits per heavy atom.